The first kappa shape index (κ1) is 32.6. The second-order valence-electron chi connectivity index (χ2n) is 15.9. The largest absolute Gasteiger partial charge is 0.497 e. The van der Waals surface area contributed by atoms with Crippen molar-refractivity contribution in [2.24, 2.45) is 39.7 Å². The van der Waals surface area contributed by atoms with Gasteiger partial charge in [0.25, 0.3) is 5.91 Å². The molecule has 1 aromatic rings. The van der Waals surface area contributed by atoms with Gasteiger partial charge in [0.1, 0.15) is 5.75 Å². The molecule has 0 radical (unpaired) electrons. The van der Waals surface area contributed by atoms with Gasteiger partial charge in [-0.2, -0.15) is 0 Å². The summed E-state index contributed by atoms with van der Waals surface area (Å²) < 4.78 is 5.42. The molecule has 248 valence electrons. The Kier molecular flexibility index (Phi) is 9.17. The van der Waals surface area contributed by atoms with E-state index in [9.17, 15) is 9.90 Å². The van der Waals surface area contributed by atoms with Gasteiger partial charge in [-0.05, 0) is 136 Å². The number of hydrogen-bond donors (Lipinski definition) is 2. The lowest BCUT2D eigenvalue weighted by Gasteiger charge is -2.57. The molecule has 1 saturated heterocycles. The van der Waals surface area contributed by atoms with Crippen molar-refractivity contribution in [1.82, 2.24) is 10.2 Å². The number of oxime groups is 1. The number of carbonyl (C=O) groups is 1. The summed E-state index contributed by atoms with van der Waals surface area (Å²) in [6, 6.07) is 8.98. The molecule has 1 amide bonds. The molecule has 7 nitrogen and oxygen atoms in total. The van der Waals surface area contributed by atoms with Crippen molar-refractivity contribution in [2.45, 2.75) is 109 Å². The Bertz CT molecular complexity index is 1290. The van der Waals surface area contributed by atoms with Gasteiger partial charge in [0.05, 0.1) is 18.9 Å². The zero-order valence-corrected chi connectivity index (χ0v) is 28.6. The minimum Gasteiger partial charge on any atom is -0.497 e. The number of nitrogens with one attached hydrogen (secondary N) is 1. The number of ether oxygens (including phenoxy) is 1. The Hall–Kier alpha value is -2.38. The first-order valence-electron chi connectivity index (χ1n) is 17.7. The van der Waals surface area contributed by atoms with Gasteiger partial charge in [0, 0.05) is 24.5 Å². The van der Waals surface area contributed by atoms with Crippen LogP contribution in [0.4, 0.5) is 0 Å². The van der Waals surface area contributed by atoms with Gasteiger partial charge in [-0.15, -0.1) is 0 Å². The van der Waals surface area contributed by atoms with E-state index < -0.39 is 0 Å². The van der Waals surface area contributed by atoms with Crippen molar-refractivity contribution < 1.29 is 19.5 Å². The Labute approximate surface area is 271 Å². The lowest BCUT2D eigenvalue weighted by molar-refractivity contribution is -0.125. The number of amides is 1. The molecule has 6 rings (SSSR count). The van der Waals surface area contributed by atoms with Crippen LogP contribution in [-0.4, -0.2) is 67.6 Å². The van der Waals surface area contributed by atoms with Crippen LogP contribution in [0.2, 0.25) is 0 Å². The lowest BCUT2D eigenvalue weighted by atomic mass is 9.47. The van der Waals surface area contributed by atoms with E-state index in [0.717, 1.165) is 68.9 Å². The SMILES string of the molecule is COc1ccc([C@]2(CCNC(=O)CON=C3C=C4CC[C@@H]5[C@@H](CC[C@@]6(C)[C@H](O)CC[C@@H]56)[C@]4(C)CC3)C[C@H](C)N(C)C[C@H]2C)cc1. The van der Waals surface area contributed by atoms with Gasteiger partial charge < -0.3 is 24.9 Å². The number of hydrogen-bond acceptors (Lipinski definition) is 6. The van der Waals surface area contributed by atoms with Crippen molar-refractivity contribution in [3.05, 3.63) is 41.5 Å². The third kappa shape index (κ3) is 5.86. The van der Waals surface area contributed by atoms with Crippen LogP contribution in [0.5, 0.6) is 5.75 Å². The molecule has 9 atom stereocenters. The van der Waals surface area contributed by atoms with E-state index in [1.54, 1.807) is 7.11 Å². The Morgan fingerprint density at radius 3 is 2.60 bits per heavy atom. The van der Waals surface area contributed by atoms with Gasteiger partial charge >= 0.3 is 0 Å². The van der Waals surface area contributed by atoms with E-state index in [1.165, 1.54) is 30.4 Å². The summed E-state index contributed by atoms with van der Waals surface area (Å²) >= 11 is 0. The fraction of sp³-hybridized carbons (Fsp3) is 0.737. The molecule has 1 aromatic carbocycles. The van der Waals surface area contributed by atoms with Crippen molar-refractivity contribution in [3.63, 3.8) is 0 Å². The highest BCUT2D eigenvalue weighted by molar-refractivity contribution is 5.96. The van der Waals surface area contributed by atoms with Gasteiger partial charge in [0.2, 0.25) is 0 Å². The smallest absolute Gasteiger partial charge is 0.260 e. The predicted molar refractivity (Wildman–Crippen MR) is 179 cm³/mol. The van der Waals surface area contributed by atoms with E-state index in [-0.39, 0.29) is 34.9 Å². The normalized spacial score (nSPS) is 40.6. The number of methoxy groups -OCH3 is 1. The van der Waals surface area contributed by atoms with Crippen LogP contribution in [0.15, 0.2) is 41.1 Å². The lowest BCUT2D eigenvalue weighted by Crippen LogP contribution is -2.52. The molecule has 5 aliphatic rings. The zero-order valence-electron chi connectivity index (χ0n) is 28.6. The molecule has 2 N–H and O–H groups in total. The fourth-order valence-corrected chi connectivity index (χ4v) is 10.8. The number of aliphatic hydroxyl groups is 1. The van der Waals surface area contributed by atoms with Gasteiger partial charge in [-0.1, -0.05) is 43.6 Å². The van der Waals surface area contributed by atoms with Crippen LogP contribution in [0.3, 0.4) is 0 Å². The van der Waals surface area contributed by atoms with Gasteiger partial charge in [-0.3, -0.25) is 4.79 Å². The summed E-state index contributed by atoms with van der Waals surface area (Å²) in [5.74, 6) is 3.30. The molecule has 0 spiro atoms. The van der Waals surface area contributed by atoms with E-state index >= 15 is 0 Å². The van der Waals surface area contributed by atoms with E-state index in [4.69, 9.17) is 9.57 Å². The van der Waals surface area contributed by atoms with E-state index in [1.807, 2.05) is 0 Å². The van der Waals surface area contributed by atoms with Gasteiger partial charge in [-0.25, -0.2) is 0 Å². The number of likely N-dealkylation sites (tertiary alicyclic amines) is 1. The first-order valence-corrected chi connectivity index (χ1v) is 17.7. The second-order valence-corrected chi connectivity index (χ2v) is 15.9. The molecule has 1 heterocycles. The molecule has 0 unspecified atom stereocenters. The highest BCUT2D eigenvalue weighted by Gasteiger charge is 2.58. The number of benzene rings is 1. The number of aliphatic hydroxyl groups excluding tert-OH is 1. The monoisotopic (exact) mass is 619 g/mol. The average molecular weight is 620 g/mol. The summed E-state index contributed by atoms with van der Waals surface area (Å²) in [6.07, 6.45) is 13.0. The zero-order chi connectivity index (χ0) is 32.0. The van der Waals surface area contributed by atoms with E-state index in [2.05, 4.69) is 80.5 Å². The second kappa shape index (κ2) is 12.7. The molecular formula is C38H57N3O4. The minimum atomic E-state index is -0.122. The average Bonchev–Trinajstić information content (AvgIpc) is 3.33. The standard InChI is InChI=1S/C38H57N3O4/c1-25-23-41(5)26(2)22-38(25,27-7-10-30(44-6)11-8-27)19-20-39-35(43)24-45-40-29-15-17-36(3)28(21-29)9-12-31-32-13-14-34(42)37(32,4)18-16-33(31)36/h7-8,10-11,21,25-26,31-34,42H,9,12-20,22-24H2,1-6H3,(H,39,43)/t25-,26+,31+,32+,33-,34-,36-,37-,38-/m1/s1. The summed E-state index contributed by atoms with van der Waals surface area (Å²) in [7, 11) is 3.91. The Morgan fingerprint density at radius 2 is 1.84 bits per heavy atom. The minimum absolute atomic E-state index is 0.0129. The molecule has 1 aliphatic heterocycles. The van der Waals surface area contributed by atoms with Crippen molar-refractivity contribution in [2.75, 3.05) is 33.9 Å². The summed E-state index contributed by atoms with van der Waals surface area (Å²) in [4.78, 5) is 21.0. The first-order chi connectivity index (χ1) is 21.5. The highest BCUT2D eigenvalue weighted by Crippen LogP contribution is 2.65. The number of allylic oxidation sites excluding steroid dienone is 2. The maximum atomic E-state index is 12.9. The molecule has 0 bridgehead atoms. The number of piperidine rings is 1. The van der Waals surface area contributed by atoms with Crippen molar-refractivity contribution in [1.29, 1.82) is 0 Å². The van der Waals surface area contributed by atoms with Gasteiger partial charge in [0.15, 0.2) is 6.61 Å². The van der Waals surface area contributed by atoms with Crippen LogP contribution in [-0.2, 0) is 15.0 Å². The fourth-order valence-electron chi connectivity index (χ4n) is 10.8. The van der Waals surface area contributed by atoms with Crippen LogP contribution >= 0.6 is 0 Å². The van der Waals surface area contributed by atoms with Crippen LogP contribution in [0.25, 0.3) is 0 Å². The highest BCUT2D eigenvalue weighted by atomic mass is 16.6. The molecule has 0 aromatic heterocycles. The topological polar surface area (TPSA) is 83.4 Å². The quantitative estimate of drug-likeness (QED) is 0.325. The number of nitrogens with zero attached hydrogens (tertiary/aromatic N) is 2. The number of rotatable bonds is 8. The molecule has 4 aliphatic carbocycles. The number of fused-ring (bicyclic) bond motifs is 5. The molecular weight excluding hydrogens is 562 g/mol. The van der Waals surface area contributed by atoms with Crippen LogP contribution < -0.4 is 10.1 Å². The molecule has 7 heteroatoms. The van der Waals surface area contributed by atoms with Crippen LogP contribution in [0, 0.1) is 34.5 Å². The Morgan fingerprint density at radius 1 is 1.07 bits per heavy atom. The van der Waals surface area contributed by atoms with E-state index in [0.29, 0.717) is 30.3 Å². The van der Waals surface area contributed by atoms with Crippen molar-refractivity contribution >= 4 is 11.6 Å². The van der Waals surface area contributed by atoms with Crippen LogP contribution in [0.1, 0.15) is 97.5 Å². The maximum absolute atomic E-state index is 12.9. The molecule has 3 saturated carbocycles. The third-order valence-electron chi connectivity index (χ3n) is 13.8. The third-order valence-corrected chi connectivity index (χ3v) is 13.8. The molecule has 4 fully saturated rings. The predicted octanol–water partition coefficient (Wildman–Crippen LogP) is 6.50. The Balaban J connectivity index is 1.04. The van der Waals surface area contributed by atoms with Crippen molar-refractivity contribution in [3.8, 4) is 5.75 Å². The summed E-state index contributed by atoms with van der Waals surface area (Å²) in [6.45, 7) is 11.1. The number of carbonyl (C=O) groups excluding carboxylic acids is 1. The summed E-state index contributed by atoms with van der Waals surface area (Å²) in [5.41, 5.74) is 4.14. The maximum Gasteiger partial charge on any atom is 0.260 e. The molecule has 45 heavy (non-hydrogen) atoms. The summed E-state index contributed by atoms with van der Waals surface area (Å²) in [5, 5.41) is 18.4.